The molecule has 0 atom stereocenters. The molecule has 1 aliphatic carbocycles. The molecule has 0 radical (unpaired) electrons. The number of rotatable bonds is 3. The van der Waals surface area contributed by atoms with Crippen molar-refractivity contribution in [3.8, 4) is 5.88 Å². The number of aromatic nitrogens is 1. The number of methoxy groups -OCH3 is 1. The number of nitrogens with zero attached hydrogens (tertiary/aromatic N) is 1. The van der Waals surface area contributed by atoms with Crippen LogP contribution in [0.2, 0.25) is 0 Å². The SMILES string of the molecule is COc1cc(CC2(O)CCCC2)sn1. The Morgan fingerprint density at radius 3 is 2.86 bits per heavy atom. The van der Waals surface area contributed by atoms with Crippen LogP contribution < -0.4 is 4.74 Å². The third kappa shape index (κ3) is 2.07. The zero-order valence-electron chi connectivity index (χ0n) is 8.32. The summed E-state index contributed by atoms with van der Waals surface area (Å²) in [6, 6.07) is 1.92. The molecule has 2 rings (SSSR count). The molecule has 0 aliphatic heterocycles. The average molecular weight is 213 g/mol. The van der Waals surface area contributed by atoms with Gasteiger partial charge in [-0.25, -0.2) is 0 Å². The standard InChI is InChI=1S/C10H15NO2S/c1-13-9-6-8(14-11-9)7-10(12)4-2-3-5-10/h6,12H,2-5,7H2,1H3. The summed E-state index contributed by atoms with van der Waals surface area (Å²) in [6.07, 6.45) is 4.87. The predicted molar refractivity (Wildman–Crippen MR) is 55.8 cm³/mol. The van der Waals surface area contributed by atoms with Gasteiger partial charge in [0.05, 0.1) is 12.7 Å². The van der Waals surface area contributed by atoms with Crippen LogP contribution in [0.3, 0.4) is 0 Å². The third-order valence-electron chi connectivity index (χ3n) is 2.78. The topological polar surface area (TPSA) is 42.4 Å². The largest absolute Gasteiger partial charge is 0.480 e. The molecule has 1 aliphatic rings. The molecule has 14 heavy (non-hydrogen) atoms. The Balaban J connectivity index is 2.02. The molecular formula is C10H15NO2S. The Morgan fingerprint density at radius 2 is 2.29 bits per heavy atom. The van der Waals surface area contributed by atoms with Crippen molar-refractivity contribution in [1.29, 1.82) is 0 Å². The van der Waals surface area contributed by atoms with Crippen LogP contribution in [0.4, 0.5) is 0 Å². The molecule has 1 aromatic rings. The number of hydrogen-bond acceptors (Lipinski definition) is 4. The highest BCUT2D eigenvalue weighted by Crippen LogP contribution is 2.34. The second-order valence-electron chi connectivity index (χ2n) is 3.94. The van der Waals surface area contributed by atoms with E-state index in [0.29, 0.717) is 5.88 Å². The lowest BCUT2D eigenvalue weighted by molar-refractivity contribution is 0.0490. The summed E-state index contributed by atoms with van der Waals surface area (Å²) in [5.74, 6) is 0.659. The van der Waals surface area contributed by atoms with Crippen molar-refractivity contribution in [1.82, 2.24) is 4.37 Å². The van der Waals surface area contributed by atoms with Gasteiger partial charge in [0.25, 0.3) is 0 Å². The molecule has 0 spiro atoms. The fourth-order valence-corrected chi connectivity index (χ4v) is 2.83. The van der Waals surface area contributed by atoms with E-state index in [0.717, 1.165) is 37.0 Å². The van der Waals surface area contributed by atoms with Gasteiger partial charge in [0.1, 0.15) is 0 Å². The summed E-state index contributed by atoms with van der Waals surface area (Å²) < 4.78 is 9.13. The molecule has 1 aromatic heterocycles. The van der Waals surface area contributed by atoms with Gasteiger partial charge in [-0.1, -0.05) is 12.8 Å². The van der Waals surface area contributed by atoms with Crippen LogP contribution in [0.1, 0.15) is 30.6 Å². The lowest BCUT2D eigenvalue weighted by atomic mass is 9.97. The van der Waals surface area contributed by atoms with Crippen molar-refractivity contribution < 1.29 is 9.84 Å². The number of ether oxygens (including phenoxy) is 1. The maximum absolute atomic E-state index is 10.2. The van der Waals surface area contributed by atoms with E-state index >= 15 is 0 Å². The Bertz CT molecular complexity index is 305. The van der Waals surface area contributed by atoms with Crippen LogP contribution in [-0.4, -0.2) is 22.2 Å². The van der Waals surface area contributed by atoms with E-state index in [4.69, 9.17) is 4.74 Å². The molecule has 1 saturated carbocycles. The molecule has 0 bridgehead atoms. The van der Waals surface area contributed by atoms with Gasteiger partial charge in [0.2, 0.25) is 5.88 Å². The molecule has 1 N–H and O–H groups in total. The van der Waals surface area contributed by atoms with E-state index in [1.165, 1.54) is 11.5 Å². The second-order valence-corrected chi connectivity index (χ2v) is 4.83. The fourth-order valence-electron chi connectivity index (χ4n) is 2.01. The highest BCUT2D eigenvalue weighted by atomic mass is 32.1. The fraction of sp³-hybridized carbons (Fsp3) is 0.700. The van der Waals surface area contributed by atoms with Crippen LogP contribution in [0.5, 0.6) is 5.88 Å². The van der Waals surface area contributed by atoms with Crippen LogP contribution in [-0.2, 0) is 6.42 Å². The monoisotopic (exact) mass is 213 g/mol. The van der Waals surface area contributed by atoms with E-state index in [1.54, 1.807) is 7.11 Å². The molecule has 0 aromatic carbocycles. The van der Waals surface area contributed by atoms with Crippen molar-refractivity contribution in [2.45, 2.75) is 37.7 Å². The summed E-state index contributed by atoms with van der Waals surface area (Å²) in [5.41, 5.74) is -0.475. The van der Waals surface area contributed by atoms with Gasteiger partial charge in [0, 0.05) is 17.4 Å². The van der Waals surface area contributed by atoms with Crippen LogP contribution in [0, 0.1) is 0 Å². The minimum atomic E-state index is -0.475. The van der Waals surface area contributed by atoms with Gasteiger partial charge in [-0.3, -0.25) is 0 Å². The van der Waals surface area contributed by atoms with Gasteiger partial charge in [-0.2, -0.15) is 4.37 Å². The van der Waals surface area contributed by atoms with E-state index in [-0.39, 0.29) is 0 Å². The van der Waals surface area contributed by atoms with Gasteiger partial charge in [-0.15, -0.1) is 0 Å². The van der Waals surface area contributed by atoms with E-state index in [2.05, 4.69) is 4.37 Å². The minimum absolute atomic E-state index is 0.475. The molecule has 0 amide bonds. The van der Waals surface area contributed by atoms with Crippen molar-refractivity contribution >= 4 is 11.5 Å². The van der Waals surface area contributed by atoms with Gasteiger partial charge in [0.15, 0.2) is 0 Å². The number of hydrogen-bond donors (Lipinski definition) is 1. The van der Waals surface area contributed by atoms with Crippen molar-refractivity contribution in [3.63, 3.8) is 0 Å². The third-order valence-corrected chi connectivity index (χ3v) is 3.55. The maximum Gasteiger partial charge on any atom is 0.225 e. The quantitative estimate of drug-likeness (QED) is 0.835. The first-order valence-electron chi connectivity index (χ1n) is 4.94. The predicted octanol–water partition coefficient (Wildman–Crippen LogP) is 2.00. The Hall–Kier alpha value is -0.610. The molecule has 4 heteroatoms. The molecule has 0 unspecified atom stereocenters. The molecule has 0 saturated heterocycles. The highest BCUT2D eigenvalue weighted by molar-refractivity contribution is 7.05. The lowest BCUT2D eigenvalue weighted by Crippen LogP contribution is -2.26. The van der Waals surface area contributed by atoms with Gasteiger partial charge in [-0.05, 0) is 24.4 Å². The van der Waals surface area contributed by atoms with Gasteiger partial charge < -0.3 is 9.84 Å². The Kier molecular flexibility index (Phi) is 2.74. The smallest absolute Gasteiger partial charge is 0.225 e. The summed E-state index contributed by atoms with van der Waals surface area (Å²) in [7, 11) is 1.61. The molecule has 1 heterocycles. The summed E-state index contributed by atoms with van der Waals surface area (Å²) in [6.45, 7) is 0. The first kappa shape index (κ1) is 9.93. The van der Waals surface area contributed by atoms with Gasteiger partial charge >= 0.3 is 0 Å². The highest BCUT2D eigenvalue weighted by Gasteiger charge is 2.31. The van der Waals surface area contributed by atoms with Crippen molar-refractivity contribution in [2.75, 3.05) is 7.11 Å². The summed E-state index contributed by atoms with van der Waals surface area (Å²) in [5, 5.41) is 10.2. The normalized spacial score (nSPS) is 19.9. The number of aliphatic hydroxyl groups is 1. The van der Waals surface area contributed by atoms with E-state index in [9.17, 15) is 5.11 Å². The van der Waals surface area contributed by atoms with Crippen LogP contribution in [0.25, 0.3) is 0 Å². The zero-order chi connectivity index (χ0) is 10.0. The molecule has 3 nitrogen and oxygen atoms in total. The van der Waals surface area contributed by atoms with E-state index in [1.807, 2.05) is 6.07 Å². The van der Waals surface area contributed by atoms with Crippen molar-refractivity contribution in [2.24, 2.45) is 0 Å². The average Bonchev–Trinajstić information content (AvgIpc) is 2.75. The first-order valence-corrected chi connectivity index (χ1v) is 5.71. The summed E-state index contributed by atoms with van der Waals surface area (Å²) in [4.78, 5) is 1.12. The minimum Gasteiger partial charge on any atom is -0.480 e. The molecular weight excluding hydrogens is 198 g/mol. The Morgan fingerprint density at radius 1 is 1.57 bits per heavy atom. The second kappa shape index (κ2) is 3.87. The zero-order valence-corrected chi connectivity index (χ0v) is 9.14. The van der Waals surface area contributed by atoms with Crippen molar-refractivity contribution in [3.05, 3.63) is 10.9 Å². The molecule has 78 valence electrons. The first-order chi connectivity index (χ1) is 6.72. The van der Waals surface area contributed by atoms with E-state index < -0.39 is 5.60 Å². The lowest BCUT2D eigenvalue weighted by Gasteiger charge is -2.20. The van der Waals surface area contributed by atoms with Crippen LogP contribution >= 0.6 is 11.5 Å². The summed E-state index contributed by atoms with van der Waals surface area (Å²) >= 11 is 1.42. The Labute approximate surface area is 87.9 Å². The molecule has 1 fully saturated rings. The maximum atomic E-state index is 10.2. The van der Waals surface area contributed by atoms with Crippen LogP contribution in [0.15, 0.2) is 6.07 Å².